The standard InChI is InChI=1S/C17H20N6O/c1-24-17-5-2-14(12-19-17)13-21-8-10-22(11-9-21)16-4-3-15-18-6-7-23(15)20-16/h2-7,12H,8-11,13H2,1H3. The molecule has 7 heteroatoms. The Morgan fingerprint density at radius 3 is 2.67 bits per heavy atom. The van der Waals surface area contributed by atoms with Gasteiger partial charge in [0.15, 0.2) is 5.65 Å². The van der Waals surface area contributed by atoms with Crippen LogP contribution in [0.25, 0.3) is 5.65 Å². The van der Waals surface area contributed by atoms with Crippen molar-refractivity contribution in [2.45, 2.75) is 6.54 Å². The summed E-state index contributed by atoms with van der Waals surface area (Å²) in [7, 11) is 1.64. The van der Waals surface area contributed by atoms with Gasteiger partial charge in [-0.2, -0.15) is 0 Å². The molecule has 4 heterocycles. The zero-order valence-corrected chi connectivity index (χ0v) is 13.7. The molecule has 3 aromatic heterocycles. The first-order chi connectivity index (χ1) is 11.8. The van der Waals surface area contributed by atoms with E-state index in [0.29, 0.717) is 5.88 Å². The van der Waals surface area contributed by atoms with Crippen molar-refractivity contribution in [2.24, 2.45) is 0 Å². The number of hydrogen-bond donors (Lipinski definition) is 0. The SMILES string of the molecule is COc1ccc(CN2CCN(c3ccc4nccn4n3)CC2)cn1. The maximum Gasteiger partial charge on any atom is 0.212 e. The van der Waals surface area contributed by atoms with E-state index in [0.717, 1.165) is 44.2 Å². The van der Waals surface area contributed by atoms with Gasteiger partial charge in [0, 0.05) is 57.4 Å². The van der Waals surface area contributed by atoms with Gasteiger partial charge in [-0.15, -0.1) is 5.10 Å². The minimum atomic E-state index is 0.657. The van der Waals surface area contributed by atoms with Gasteiger partial charge >= 0.3 is 0 Å². The summed E-state index contributed by atoms with van der Waals surface area (Å²) in [5.74, 6) is 1.66. The van der Waals surface area contributed by atoms with Crippen LogP contribution in [0.5, 0.6) is 5.88 Å². The van der Waals surface area contributed by atoms with Crippen molar-refractivity contribution < 1.29 is 4.74 Å². The molecule has 0 spiro atoms. The molecule has 1 saturated heterocycles. The number of aromatic nitrogens is 4. The summed E-state index contributed by atoms with van der Waals surface area (Å²) in [6, 6.07) is 8.05. The largest absolute Gasteiger partial charge is 0.481 e. The lowest BCUT2D eigenvalue weighted by atomic mass is 10.2. The highest BCUT2D eigenvalue weighted by Gasteiger charge is 2.18. The monoisotopic (exact) mass is 324 g/mol. The number of ether oxygens (including phenoxy) is 1. The molecule has 0 saturated carbocycles. The number of piperazine rings is 1. The average Bonchev–Trinajstić information content (AvgIpc) is 3.11. The van der Waals surface area contributed by atoms with Crippen molar-refractivity contribution >= 4 is 11.5 Å². The predicted molar refractivity (Wildman–Crippen MR) is 91.3 cm³/mol. The van der Waals surface area contributed by atoms with Crippen LogP contribution in [0.15, 0.2) is 42.9 Å². The summed E-state index contributed by atoms with van der Waals surface area (Å²) >= 11 is 0. The van der Waals surface area contributed by atoms with Crippen molar-refractivity contribution in [2.75, 3.05) is 38.2 Å². The molecule has 1 fully saturated rings. The molecule has 0 N–H and O–H groups in total. The average molecular weight is 324 g/mol. The van der Waals surface area contributed by atoms with Gasteiger partial charge in [0.25, 0.3) is 0 Å². The summed E-state index contributed by atoms with van der Waals surface area (Å²) in [5, 5.41) is 4.62. The second-order valence-electron chi connectivity index (χ2n) is 5.89. The Labute approximate surface area is 140 Å². The third-order valence-electron chi connectivity index (χ3n) is 4.35. The summed E-state index contributed by atoms with van der Waals surface area (Å²) in [6.07, 6.45) is 5.54. The Kier molecular flexibility index (Phi) is 4.00. The summed E-state index contributed by atoms with van der Waals surface area (Å²) in [5.41, 5.74) is 2.09. The van der Waals surface area contributed by atoms with E-state index in [9.17, 15) is 0 Å². The molecule has 4 rings (SSSR count). The number of hydrogen-bond acceptors (Lipinski definition) is 6. The number of methoxy groups -OCH3 is 1. The van der Waals surface area contributed by atoms with Crippen molar-refractivity contribution in [3.05, 3.63) is 48.4 Å². The van der Waals surface area contributed by atoms with Gasteiger partial charge in [0.2, 0.25) is 5.88 Å². The van der Waals surface area contributed by atoms with Crippen molar-refractivity contribution in [3.8, 4) is 5.88 Å². The molecule has 1 aliphatic heterocycles. The minimum Gasteiger partial charge on any atom is -0.481 e. The molecular formula is C17H20N6O. The van der Waals surface area contributed by atoms with Gasteiger partial charge in [-0.1, -0.05) is 6.07 Å². The second-order valence-corrected chi connectivity index (χ2v) is 5.89. The van der Waals surface area contributed by atoms with Crippen molar-refractivity contribution in [1.29, 1.82) is 0 Å². The zero-order valence-electron chi connectivity index (χ0n) is 13.7. The van der Waals surface area contributed by atoms with Crippen LogP contribution in [0.4, 0.5) is 5.82 Å². The highest BCUT2D eigenvalue weighted by Crippen LogP contribution is 2.16. The molecule has 3 aromatic rings. The van der Waals surface area contributed by atoms with Crippen molar-refractivity contribution in [3.63, 3.8) is 0 Å². The Balaban J connectivity index is 1.37. The molecule has 0 unspecified atom stereocenters. The summed E-state index contributed by atoms with van der Waals surface area (Å²) < 4.78 is 6.93. The van der Waals surface area contributed by atoms with E-state index in [1.807, 2.05) is 35.1 Å². The quantitative estimate of drug-likeness (QED) is 0.724. The first kappa shape index (κ1) is 14.9. The van der Waals surface area contributed by atoms with E-state index in [1.165, 1.54) is 5.56 Å². The first-order valence-corrected chi connectivity index (χ1v) is 8.08. The Hall–Kier alpha value is -2.67. The maximum absolute atomic E-state index is 5.10. The van der Waals surface area contributed by atoms with Crippen LogP contribution >= 0.6 is 0 Å². The van der Waals surface area contributed by atoms with E-state index in [4.69, 9.17) is 4.74 Å². The molecule has 0 bridgehead atoms. The third-order valence-corrected chi connectivity index (χ3v) is 4.35. The first-order valence-electron chi connectivity index (χ1n) is 8.08. The fourth-order valence-electron chi connectivity index (χ4n) is 2.99. The van der Waals surface area contributed by atoms with E-state index >= 15 is 0 Å². The molecule has 24 heavy (non-hydrogen) atoms. The Morgan fingerprint density at radius 1 is 1.04 bits per heavy atom. The molecule has 0 aliphatic carbocycles. The third kappa shape index (κ3) is 3.03. The fraction of sp³-hybridized carbons (Fsp3) is 0.353. The molecule has 0 amide bonds. The van der Waals surface area contributed by atoms with Crippen LogP contribution in [0.1, 0.15) is 5.56 Å². The molecule has 0 radical (unpaired) electrons. The van der Waals surface area contributed by atoms with Crippen LogP contribution < -0.4 is 9.64 Å². The highest BCUT2D eigenvalue weighted by molar-refractivity contribution is 5.46. The lowest BCUT2D eigenvalue weighted by Crippen LogP contribution is -2.46. The van der Waals surface area contributed by atoms with Crippen molar-refractivity contribution in [1.82, 2.24) is 24.5 Å². The molecule has 0 aromatic carbocycles. The Morgan fingerprint density at radius 2 is 1.92 bits per heavy atom. The molecule has 7 nitrogen and oxygen atoms in total. The minimum absolute atomic E-state index is 0.657. The summed E-state index contributed by atoms with van der Waals surface area (Å²) in [6.45, 7) is 4.87. The second kappa shape index (κ2) is 6.45. The fourth-order valence-corrected chi connectivity index (χ4v) is 2.99. The molecular weight excluding hydrogens is 304 g/mol. The van der Waals surface area contributed by atoms with Crippen LogP contribution in [0, 0.1) is 0 Å². The van der Waals surface area contributed by atoms with Crippen LogP contribution in [0.3, 0.4) is 0 Å². The molecule has 0 atom stereocenters. The Bertz CT molecular complexity index is 807. The van der Waals surface area contributed by atoms with Gasteiger partial charge in [-0.05, 0) is 17.7 Å². The van der Waals surface area contributed by atoms with E-state index in [1.54, 1.807) is 13.3 Å². The van der Waals surface area contributed by atoms with Gasteiger partial charge < -0.3 is 9.64 Å². The smallest absolute Gasteiger partial charge is 0.212 e. The lowest BCUT2D eigenvalue weighted by Gasteiger charge is -2.35. The van der Waals surface area contributed by atoms with Crippen LogP contribution in [-0.2, 0) is 6.54 Å². The lowest BCUT2D eigenvalue weighted by molar-refractivity contribution is 0.248. The number of pyridine rings is 1. The van der Waals surface area contributed by atoms with E-state index in [2.05, 4.69) is 30.9 Å². The number of anilines is 1. The highest BCUT2D eigenvalue weighted by atomic mass is 16.5. The summed E-state index contributed by atoms with van der Waals surface area (Å²) in [4.78, 5) is 13.3. The predicted octanol–water partition coefficient (Wildman–Crippen LogP) is 1.46. The zero-order chi connectivity index (χ0) is 16.4. The number of imidazole rings is 1. The normalized spacial score (nSPS) is 15.8. The molecule has 1 aliphatic rings. The topological polar surface area (TPSA) is 58.8 Å². The molecule has 124 valence electrons. The number of nitrogens with zero attached hydrogens (tertiary/aromatic N) is 6. The van der Waals surface area contributed by atoms with Gasteiger partial charge in [0.1, 0.15) is 5.82 Å². The van der Waals surface area contributed by atoms with Gasteiger partial charge in [-0.25, -0.2) is 14.5 Å². The van der Waals surface area contributed by atoms with E-state index in [-0.39, 0.29) is 0 Å². The number of fused-ring (bicyclic) bond motifs is 1. The number of rotatable bonds is 4. The van der Waals surface area contributed by atoms with Gasteiger partial charge in [-0.3, -0.25) is 4.90 Å². The van der Waals surface area contributed by atoms with E-state index < -0.39 is 0 Å². The van der Waals surface area contributed by atoms with Crippen LogP contribution in [0.2, 0.25) is 0 Å². The van der Waals surface area contributed by atoms with Crippen LogP contribution in [-0.4, -0.2) is 57.8 Å². The van der Waals surface area contributed by atoms with Gasteiger partial charge in [0.05, 0.1) is 7.11 Å². The maximum atomic E-state index is 5.10.